The summed E-state index contributed by atoms with van der Waals surface area (Å²) in [6.45, 7) is 10.4. The zero-order valence-corrected chi connectivity index (χ0v) is 15.4. The van der Waals surface area contributed by atoms with Gasteiger partial charge in [-0.2, -0.15) is 0 Å². The van der Waals surface area contributed by atoms with Crippen molar-refractivity contribution in [3.8, 4) is 0 Å². The molecule has 1 saturated carbocycles. The van der Waals surface area contributed by atoms with Gasteiger partial charge in [-0.05, 0) is 32.1 Å². The van der Waals surface area contributed by atoms with Gasteiger partial charge >= 0.3 is 0 Å². The fourth-order valence-corrected chi connectivity index (χ4v) is 3.12. The summed E-state index contributed by atoms with van der Waals surface area (Å²) in [4.78, 5) is 9.87. The number of nitrogens with one attached hydrogen (secondary N) is 1. The van der Waals surface area contributed by atoms with Crippen LogP contribution in [0.3, 0.4) is 0 Å². The lowest BCUT2D eigenvalue weighted by molar-refractivity contribution is 0.0195. The van der Waals surface area contributed by atoms with E-state index in [2.05, 4.69) is 22.0 Å². The number of ether oxygens (including phenoxy) is 1. The molecule has 0 amide bonds. The van der Waals surface area contributed by atoms with Crippen LogP contribution in [0.2, 0.25) is 0 Å². The predicted octanol–water partition coefficient (Wildman–Crippen LogP) is 1.39. The van der Waals surface area contributed by atoms with Crippen LogP contribution in [-0.2, 0) is 4.74 Å². The van der Waals surface area contributed by atoms with E-state index in [-0.39, 0.29) is 24.0 Å². The van der Waals surface area contributed by atoms with Crippen LogP contribution < -0.4 is 5.32 Å². The third-order valence-corrected chi connectivity index (χ3v) is 4.56. The Bertz CT molecular complexity index is 343. The summed E-state index contributed by atoms with van der Waals surface area (Å²) < 4.78 is 5.45. The maximum Gasteiger partial charge on any atom is 0.193 e. The average Bonchev–Trinajstić information content (AvgIpc) is 3.19. The Morgan fingerprint density at radius 1 is 1.19 bits per heavy atom. The first-order valence-electron chi connectivity index (χ1n) is 8.22. The molecule has 0 aromatic heterocycles. The van der Waals surface area contributed by atoms with E-state index in [4.69, 9.17) is 9.73 Å². The molecule has 6 heteroatoms. The molecule has 2 aliphatic heterocycles. The van der Waals surface area contributed by atoms with E-state index in [1.165, 1.54) is 19.3 Å². The van der Waals surface area contributed by atoms with Gasteiger partial charge in [0, 0.05) is 45.3 Å². The standard InChI is InChI=1S/C15H28N4O.HI/c1-2-16-15(17-11-13-3-4-13)19-6-5-14(12-19)18-7-9-20-10-8-18;/h13-14H,2-12H2,1H3,(H,16,17);1H. The monoisotopic (exact) mass is 408 g/mol. The third kappa shape index (κ3) is 4.96. The number of hydrogen-bond acceptors (Lipinski definition) is 3. The predicted molar refractivity (Wildman–Crippen MR) is 96.5 cm³/mol. The van der Waals surface area contributed by atoms with E-state index >= 15 is 0 Å². The number of guanidine groups is 1. The number of morpholine rings is 1. The van der Waals surface area contributed by atoms with Gasteiger partial charge in [0.25, 0.3) is 0 Å². The van der Waals surface area contributed by atoms with Crippen LogP contribution in [0.25, 0.3) is 0 Å². The molecular weight excluding hydrogens is 379 g/mol. The first-order valence-corrected chi connectivity index (χ1v) is 8.22. The Balaban J connectivity index is 0.00000161. The molecule has 1 aliphatic carbocycles. The summed E-state index contributed by atoms with van der Waals surface area (Å²) in [6.07, 6.45) is 4.01. The highest BCUT2D eigenvalue weighted by molar-refractivity contribution is 14.0. The number of nitrogens with zero attached hydrogens (tertiary/aromatic N) is 3. The van der Waals surface area contributed by atoms with Gasteiger partial charge in [-0.3, -0.25) is 9.89 Å². The van der Waals surface area contributed by atoms with Crippen molar-refractivity contribution in [2.75, 3.05) is 52.5 Å². The van der Waals surface area contributed by atoms with Crippen molar-refractivity contribution in [1.82, 2.24) is 15.1 Å². The van der Waals surface area contributed by atoms with E-state index in [0.29, 0.717) is 6.04 Å². The largest absolute Gasteiger partial charge is 0.379 e. The number of rotatable bonds is 4. The van der Waals surface area contributed by atoms with E-state index in [0.717, 1.165) is 64.4 Å². The molecule has 2 saturated heterocycles. The summed E-state index contributed by atoms with van der Waals surface area (Å²) in [5.41, 5.74) is 0. The van der Waals surface area contributed by atoms with Crippen molar-refractivity contribution in [2.24, 2.45) is 10.9 Å². The van der Waals surface area contributed by atoms with E-state index in [9.17, 15) is 0 Å². The lowest BCUT2D eigenvalue weighted by Gasteiger charge is -2.32. The summed E-state index contributed by atoms with van der Waals surface area (Å²) >= 11 is 0. The first kappa shape index (κ1) is 17.3. The van der Waals surface area contributed by atoms with Gasteiger partial charge in [0.2, 0.25) is 0 Å². The Kier molecular flexibility index (Phi) is 7.01. The molecule has 1 N–H and O–H groups in total. The lowest BCUT2D eigenvalue weighted by Crippen LogP contribution is -2.46. The number of aliphatic imine (C=N–C) groups is 1. The molecule has 5 nitrogen and oxygen atoms in total. The van der Waals surface area contributed by atoms with Crippen LogP contribution in [0.15, 0.2) is 4.99 Å². The minimum Gasteiger partial charge on any atom is -0.379 e. The topological polar surface area (TPSA) is 40.1 Å². The minimum atomic E-state index is 0. The maximum atomic E-state index is 5.45. The summed E-state index contributed by atoms with van der Waals surface area (Å²) in [5, 5.41) is 3.46. The highest BCUT2D eigenvalue weighted by atomic mass is 127. The quantitative estimate of drug-likeness (QED) is 0.434. The Hall–Kier alpha value is -0.0800. The van der Waals surface area contributed by atoms with Crippen molar-refractivity contribution < 1.29 is 4.74 Å². The molecule has 21 heavy (non-hydrogen) atoms. The molecule has 0 bridgehead atoms. The zero-order chi connectivity index (χ0) is 13.8. The van der Waals surface area contributed by atoms with Gasteiger partial charge in [-0.1, -0.05) is 0 Å². The number of hydrogen-bond donors (Lipinski definition) is 1. The van der Waals surface area contributed by atoms with Gasteiger partial charge in [-0.15, -0.1) is 24.0 Å². The maximum absolute atomic E-state index is 5.45. The third-order valence-electron chi connectivity index (χ3n) is 4.56. The highest BCUT2D eigenvalue weighted by Crippen LogP contribution is 2.29. The van der Waals surface area contributed by atoms with Crippen molar-refractivity contribution in [2.45, 2.75) is 32.2 Å². The fourth-order valence-electron chi connectivity index (χ4n) is 3.12. The molecule has 2 heterocycles. The van der Waals surface area contributed by atoms with Crippen molar-refractivity contribution in [3.63, 3.8) is 0 Å². The SMILES string of the molecule is CCNC(=NCC1CC1)N1CCC(N2CCOCC2)C1.I. The molecule has 0 aromatic carbocycles. The molecule has 1 atom stereocenters. The van der Waals surface area contributed by atoms with Crippen molar-refractivity contribution >= 4 is 29.9 Å². The number of halogens is 1. The van der Waals surface area contributed by atoms with Crippen LogP contribution in [0.4, 0.5) is 0 Å². The Morgan fingerprint density at radius 3 is 2.62 bits per heavy atom. The van der Waals surface area contributed by atoms with Crippen LogP contribution in [0.1, 0.15) is 26.2 Å². The zero-order valence-electron chi connectivity index (χ0n) is 13.1. The average molecular weight is 408 g/mol. The fraction of sp³-hybridized carbons (Fsp3) is 0.933. The smallest absolute Gasteiger partial charge is 0.193 e. The molecule has 0 aromatic rings. The number of likely N-dealkylation sites (tertiary alicyclic amines) is 1. The van der Waals surface area contributed by atoms with Crippen LogP contribution in [-0.4, -0.2) is 74.3 Å². The van der Waals surface area contributed by atoms with Crippen LogP contribution in [0, 0.1) is 5.92 Å². The van der Waals surface area contributed by atoms with E-state index in [1.807, 2.05) is 0 Å². The Morgan fingerprint density at radius 2 is 1.95 bits per heavy atom. The van der Waals surface area contributed by atoms with Crippen LogP contribution in [0.5, 0.6) is 0 Å². The van der Waals surface area contributed by atoms with Crippen LogP contribution >= 0.6 is 24.0 Å². The van der Waals surface area contributed by atoms with Gasteiger partial charge < -0.3 is 15.0 Å². The molecule has 3 fully saturated rings. The van der Waals surface area contributed by atoms with E-state index < -0.39 is 0 Å². The molecule has 0 spiro atoms. The highest BCUT2D eigenvalue weighted by Gasteiger charge is 2.30. The van der Waals surface area contributed by atoms with Gasteiger partial charge in [0.05, 0.1) is 13.2 Å². The normalized spacial score (nSPS) is 27.6. The second-order valence-electron chi connectivity index (χ2n) is 6.17. The molecule has 3 rings (SSSR count). The van der Waals surface area contributed by atoms with Crippen molar-refractivity contribution in [3.05, 3.63) is 0 Å². The molecule has 0 radical (unpaired) electrons. The van der Waals surface area contributed by atoms with E-state index in [1.54, 1.807) is 0 Å². The molecule has 3 aliphatic rings. The Labute approximate surface area is 145 Å². The second-order valence-corrected chi connectivity index (χ2v) is 6.17. The lowest BCUT2D eigenvalue weighted by atomic mass is 10.2. The molecule has 122 valence electrons. The summed E-state index contributed by atoms with van der Waals surface area (Å²) in [5.74, 6) is 2.00. The van der Waals surface area contributed by atoms with Gasteiger partial charge in [0.1, 0.15) is 0 Å². The summed E-state index contributed by atoms with van der Waals surface area (Å²) in [6, 6.07) is 0.684. The van der Waals surface area contributed by atoms with Crippen molar-refractivity contribution in [1.29, 1.82) is 0 Å². The first-order chi connectivity index (χ1) is 9.86. The summed E-state index contributed by atoms with van der Waals surface area (Å²) in [7, 11) is 0. The van der Waals surface area contributed by atoms with Gasteiger partial charge in [0.15, 0.2) is 5.96 Å². The van der Waals surface area contributed by atoms with Gasteiger partial charge in [-0.25, -0.2) is 0 Å². The second kappa shape index (κ2) is 8.53. The molecular formula is C15H29IN4O. The molecule has 1 unspecified atom stereocenters. The minimum absolute atomic E-state index is 0.